The van der Waals surface area contributed by atoms with Gasteiger partial charge in [0.1, 0.15) is 18.6 Å². The van der Waals surface area contributed by atoms with Gasteiger partial charge in [-0.25, -0.2) is 9.36 Å². The first-order valence-electron chi connectivity index (χ1n) is 16.1. The maximum atomic E-state index is 13.5. The van der Waals surface area contributed by atoms with Crippen LogP contribution in [0.3, 0.4) is 0 Å². The summed E-state index contributed by atoms with van der Waals surface area (Å²) in [4.78, 5) is 51.7. The van der Waals surface area contributed by atoms with Gasteiger partial charge in [-0.1, -0.05) is 49.5 Å². The van der Waals surface area contributed by atoms with Gasteiger partial charge in [-0.15, -0.1) is 0 Å². The van der Waals surface area contributed by atoms with E-state index in [9.17, 15) is 19.2 Å². The highest BCUT2D eigenvalue weighted by molar-refractivity contribution is 6.76. The van der Waals surface area contributed by atoms with E-state index in [2.05, 4.69) is 30.1 Å². The van der Waals surface area contributed by atoms with Crippen LogP contribution in [0.1, 0.15) is 58.3 Å². The van der Waals surface area contributed by atoms with Gasteiger partial charge in [-0.2, -0.15) is 5.10 Å². The molecular weight excluding hydrogens is 639 g/mol. The number of benzene rings is 2. The Morgan fingerprint density at radius 3 is 2.43 bits per heavy atom. The fraction of sp³-hybridized carbons (Fsp3) is 0.324. The summed E-state index contributed by atoms with van der Waals surface area (Å²) in [6.45, 7) is 15.0. The van der Waals surface area contributed by atoms with E-state index in [1.54, 1.807) is 68.1 Å². The number of nitrogens with one attached hydrogen (secondary N) is 1. The third-order valence-electron chi connectivity index (χ3n) is 7.30. The van der Waals surface area contributed by atoms with Crippen LogP contribution >= 0.6 is 0 Å². The third-order valence-corrected chi connectivity index (χ3v) is 9.00. The third kappa shape index (κ3) is 11.0. The Bertz CT molecular complexity index is 1860. The van der Waals surface area contributed by atoms with Crippen molar-refractivity contribution in [2.45, 2.75) is 65.5 Å². The molecule has 0 saturated carbocycles. The number of aldehydes is 1. The van der Waals surface area contributed by atoms with Gasteiger partial charge in [0.2, 0.25) is 6.41 Å². The van der Waals surface area contributed by atoms with Crippen LogP contribution in [-0.4, -0.2) is 71.0 Å². The lowest BCUT2D eigenvalue weighted by Crippen LogP contribution is -2.28. The van der Waals surface area contributed by atoms with Crippen LogP contribution in [0.4, 0.5) is 4.79 Å². The minimum atomic E-state index is -1.34. The normalized spacial score (nSPS) is 12.3. The molecule has 0 saturated heterocycles. The zero-order valence-electron chi connectivity index (χ0n) is 29.2. The van der Waals surface area contributed by atoms with Gasteiger partial charge < -0.3 is 14.8 Å². The molecule has 2 heterocycles. The lowest BCUT2D eigenvalue weighted by Gasteiger charge is -2.20. The Kier molecular flexibility index (Phi) is 11.9. The highest BCUT2D eigenvalue weighted by Crippen LogP contribution is 2.24. The molecule has 2 aromatic heterocycles. The number of rotatable bonds is 14. The van der Waals surface area contributed by atoms with Gasteiger partial charge in [-0.3, -0.25) is 24.0 Å². The van der Waals surface area contributed by atoms with Crippen LogP contribution in [-0.2, 0) is 20.8 Å². The van der Waals surface area contributed by atoms with Crippen LogP contribution in [0.5, 0.6) is 0 Å². The van der Waals surface area contributed by atoms with E-state index in [4.69, 9.17) is 9.47 Å². The molecule has 0 fully saturated rings. The Morgan fingerprint density at radius 2 is 1.78 bits per heavy atom. The molecule has 0 aliphatic carbocycles. The predicted molar refractivity (Wildman–Crippen MR) is 193 cm³/mol. The summed E-state index contributed by atoms with van der Waals surface area (Å²) in [5, 5.41) is 7.87. The van der Waals surface area contributed by atoms with Crippen LogP contribution in [0.25, 0.3) is 17.0 Å². The second-order valence-electron chi connectivity index (χ2n) is 14.1. The van der Waals surface area contributed by atoms with E-state index in [0.29, 0.717) is 47.3 Å². The zero-order valence-corrected chi connectivity index (χ0v) is 30.2. The Morgan fingerprint density at radius 1 is 1.04 bits per heavy atom. The van der Waals surface area contributed by atoms with Crippen LogP contribution in [0.15, 0.2) is 78.9 Å². The number of aryl methyl sites for hydroxylation is 1. The molecule has 2 amide bonds. The van der Waals surface area contributed by atoms with Gasteiger partial charge in [0.05, 0.1) is 35.2 Å². The molecule has 1 N–H and O–H groups in total. The Labute approximate surface area is 288 Å². The van der Waals surface area contributed by atoms with E-state index in [1.807, 2.05) is 31.2 Å². The molecule has 0 aliphatic heterocycles. The SMILES string of the molecule is Cc1ccc(Cn2cc(C(=O)NC(/C=C/c3cc4cc(C=O)ccc4n3C(=O)OC(C)(C)C)=C/N(C=O)COCC[Si](C)(C)C)cn2)cc1. The first-order chi connectivity index (χ1) is 23.1. The summed E-state index contributed by atoms with van der Waals surface area (Å²) < 4.78 is 14.5. The van der Waals surface area contributed by atoms with Crippen molar-refractivity contribution in [2.75, 3.05) is 13.3 Å². The number of aromatic nitrogens is 3. The van der Waals surface area contributed by atoms with Crippen molar-refractivity contribution < 1.29 is 28.7 Å². The van der Waals surface area contributed by atoms with Crippen molar-refractivity contribution in [2.24, 2.45) is 0 Å². The van der Waals surface area contributed by atoms with Crippen LogP contribution in [0, 0.1) is 6.92 Å². The van der Waals surface area contributed by atoms with Gasteiger partial charge in [0, 0.05) is 38.0 Å². The zero-order chi connectivity index (χ0) is 35.8. The Hall–Kier alpha value is -5.07. The minimum absolute atomic E-state index is 0.0116. The lowest BCUT2D eigenvalue weighted by atomic mass is 10.1. The van der Waals surface area contributed by atoms with Crippen molar-refractivity contribution in [1.29, 1.82) is 0 Å². The average molecular weight is 684 g/mol. The number of carbonyl (C=O) groups excluding carboxylic acids is 4. The second-order valence-corrected chi connectivity index (χ2v) is 19.7. The number of nitrogens with zero attached hydrogens (tertiary/aromatic N) is 4. The lowest BCUT2D eigenvalue weighted by molar-refractivity contribution is -0.119. The van der Waals surface area contributed by atoms with Gasteiger partial charge in [0.15, 0.2) is 0 Å². The quantitative estimate of drug-likeness (QED) is 0.0507. The number of hydrogen-bond acceptors (Lipinski definition) is 7. The molecule has 0 bridgehead atoms. The predicted octanol–water partition coefficient (Wildman–Crippen LogP) is 6.85. The topological polar surface area (TPSA) is 125 Å². The standard InChI is InChI=1S/C37H45N5O6Si/c1-27-8-10-28(11-9-27)21-41-22-31(20-38-41)35(45)39-32(23-40(25-44)26-47-16-17-49(5,6)7)13-14-33-19-30-18-29(24-43)12-15-34(30)42(33)36(46)48-37(2,3)4/h8-15,18-20,22-25H,16-17,21,26H2,1-7H3,(H,39,45)/b14-13+,32-23+. The van der Waals surface area contributed by atoms with Gasteiger partial charge in [-0.05, 0) is 75.7 Å². The summed E-state index contributed by atoms with van der Waals surface area (Å²) in [6.07, 6.45) is 8.56. The van der Waals surface area contributed by atoms with Crippen molar-refractivity contribution in [3.63, 3.8) is 0 Å². The maximum Gasteiger partial charge on any atom is 0.419 e. The number of fused-ring (bicyclic) bond motifs is 1. The minimum Gasteiger partial charge on any atom is -0.443 e. The highest BCUT2D eigenvalue weighted by atomic mass is 28.3. The first-order valence-corrected chi connectivity index (χ1v) is 19.8. The summed E-state index contributed by atoms with van der Waals surface area (Å²) in [5.74, 6) is -0.445. The van der Waals surface area contributed by atoms with Crippen LogP contribution in [0.2, 0.25) is 25.7 Å². The molecule has 11 nitrogen and oxygen atoms in total. The van der Waals surface area contributed by atoms with E-state index in [0.717, 1.165) is 23.5 Å². The van der Waals surface area contributed by atoms with Crippen molar-refractivity contribution >= 4 is 49.7 Å². The summed E-state index contributed by atoms with van der Waals surface area (Å²) in [6, 6.07) is 15.7. The number of amides is 2. The van der Waals surface area contributed by atoms with E-state index >= 15 is 0 Å². The Balaban J connectivity index is 1.66. The summed E-state index contributed by atoms with van der Waals surface area (Å²) >= 11 is 0. The monoisotopic (exact) mass is 683 g/mol. The largest absolute Gasteiger partial charge is 0.443 e. The number of allylic oxidation sites excluding steroid dienone is 1. The fourth-order valence-electron chi connectivity index (χ4n) is 4.73. The van der Waals surface area contributed by atoms with E-state index in [-0.39, 0.29) is 12.4 Å². The molecule has 0 aliphatic rings. The maximum absolute atomic E-state index is 13.5. The molecule has 12 heteroatoms. The number of hydrogen-bond donors (Lipinski definition) is 1. The molecular formula is C37H45N5O6Si. The molecule has 4 rings (SSSR count). The first kappa shape index (κ1) is 36.8. The highest BCUT2D eigenvalue weighted by Gasteiger charge is 2.22. The average Bonchev–Trinajstić information content (AvgIpc) is 3.65. The van der Waals surface area contributed by atoms with Gasteiger partial charge >= 0.3 is 6.09 Å². The number of carbonyl (C=O) groups is 4. The molecule has 0 atom stereocenters. The fourth-order valence-corrected chi connectivity index (χ4v) is 5.49. The van der Waals surface area contributed by atoms with Crippen molar-refractivity contribution in [1.82, 2.24) is 24.6 Å². The molecule has 0 radical (unpaired) electrons. The number of ether oxygens (including phenoxy) is 2. The van der Waals surface area contributed by atoms with E-state index < -0.39 is 25.7 Å². The molecule has 4 aromatic rings. The summed E-state index contributed by atoms with van der Waals surface area (Å²) in [7, 11) is -1.34. The van der Waals surface area contributed by atoms with Gasteiger partial charge in [0.25, 0.3) is 5.91 Å². The van der Waals surface area contributed by atoms with Crippen LogP contribution < -0.4 is 5.32 Å². The van der Waals surface area contributed by atoms with Crippen molar-refractivity contribution in [3.05, 3.63) is 107 Å². The van der Waals surface area contributed by atoms with E-state index in [1.165, 1.54) is 21.9 Å². The second kappa shape index (κ2) is 15.9. The molecule has 2 aromatic carbocycles. The molecule has 258 valence electrons. The summed E-state index contributed by atoms with van der Waals surface area (Å²) in [5.41, 5.74) is 3.44. The molecule has 0 spiro atoms. The van der Waals surface area contributed by atoms with Crippen molar-refractivity contribution in [3.8, 4) is 0 Å². The molecule has 49 heavy (non-hydrogen) atoms. The molecule has 0 unspecified atom stereocenters. The smallest absolute Gasteiger partial charge is 0.419 e.